The van der Waals surface area contributed by atoms with E-state index in [9.17, 15) is 14.9 Å². The number of ketones is 1. The second kappa shape index (κ2) is 5.52. The molecule has 1 atom stereocenters. The molecule has 104 valence electrons. The molecule has 19 heavy (non-hydrogen) atoms. The molecule has 6 heteroatoms. The molecule has 1 N–H and O–H groups in total. The summed E-state index contributed by atoms with van der Waals surface area (Å²) in [7, 11) is 0. The summed E-state index contributed by atoms with van der Waals surface area (Å²) < 4.78 is 0. The predicted octanol–water partition coefficient (Wildman–Crippen LogP) is 2.08. The number of carbonyl (C=O) groups is 1. The Morgan fingerprint density at radius 3 is 2.89 bits per heavy atom. The molecule has 0 amide bonds. The number of nitro groups is 1. The Kier molecular flexibility index (Phi) is 3.99. The van der Waals surface area contributed by atoms with E-state index in [2.05, 4.69) is 23.7 Å². The van der Waals surface area contributed by atoms with E-state index in [0.717, 1.165) is 19.5 Å². The maximum atomic E-state index is 12.0. The molecule has 0 bridgehead atoms. The largest absolute Gasteiger partial charge is 0.353 e. The number of hydrogen-bond donors (Lipinski definition) is 1. The van der Waals surface area contributed by atoms with E-state index >= 15 is 0 Å². The first kappa shape index (κ1) is 13.7. The van der Waals surface area contributed by atoms with E-state index in [1.807, 2.05) is 0 Å². The summed E-state index contributed by atoms with van der Waals surface area (Å²) in [4.78, 5) is 26.9. The number of H-pyrrole nitrogens is 1. The Bertz CT molecular complexity index is 481. The van der Waals surface area contributed by atoms with Crippen LogP contribution in [0.2, 0.25) is 0 Å². The van der Waals surface area contributed by atoms with Gasteiger partial charge in [-0.3, -0.25) is 19.8 Å². The third-order valence-electron chi connectivity index (χ3n) is 3.80. The van der Waals surface area contributed by atoms with E-state index in [1.165, 1.54) is 12.3 Å². The van der Waals surface area contributed by atoms with Crippen molar-refractivity contribution in [2.24, 2.45) is 11.8 Å². The quantitative estimate of drug-likeness (QED) is 0.502. The molecule has 0 spiro atoms. The summed E-state index contributed by atoms with van der Waals surface area (Å²) in [5, 5.41) is 10.6. The molecule has 0 radical (unpaired) electrons. The van der Waals surface area contributed by atoms with Crippen LogP contribution in [0.4, 0.5) is 5.69 Å². The molecule has 0 saturated carbocycles. The van der Waals surface area contributed by atoms with Crippen LogP contribution in [-0.2, 0) is 0 Å². The first-order valence-electron chi connectivity index (χ1n) is 6.55. The average molecular weight is 265 g/mol. The number of Topliss-reactive ketones (excluding diaryl/α,β-unsaturated/α-hetero) is 1. The second-order valence-electron chi connectivity index (χ2n) is 5.48. The summed E-state index contributed by atoms with van der Waals surface area (Å²) in [6.45, 7) is 6.60. The van der Waals surface area contributed by atoms with Crippen LogP contribution in [0.5, 0.6) is 0 Å². The van der Waals surface area contributed by atoms with Gasteiger partial charge in [-0.15, -0.1) is 0 Å². The van der Waals surface area contributed by atoms with E-state index < -0.39 is 4.92 Å². The molecule has 1 fully saturated rings. The number of likely N-dealkylation sites (tertiary alicyclic amines) is 1. The van der Waals surface area contributed by atoms with Crippen LogP contribution in [0.15, 0.2) is 12.3 Å². The highest BCUT2D eigenvalue weighted by atomic mass is 16.6. The molecule has 2 heterocycles. The minimum absolute atomic E-state index is 0.0650. The van der Waals surface area contributed by atoms with Crippen molar-refractivity contribution in [1.29, 1.82) is 0 Å². The van der Waals surface area contributed by atoms with Gasteiger partial charge in [-0.25, -0.2) is 0 Å². The molecule has 1 aromatic heterocycles. The monoisotopic (exact) mass is 265 g/mol. The maximum absolute atomic E-state index is 12.0. The van der Waals surface area contributed by atoms with Gasteiger partial charge in [-0.1, -0.05) is 13.8 Å². The van der Waals surface area contributed by atoms with Crippen molar-refractivity contribution >= 4 is 11.5 Å². The summed E-state index contributed by atoms with van der Waals surface area (Å²) in [5.74, 6) is 1.19. The van der Waals surface area contributed by atoms with Gasteiger partial charge in [0, 0.05) is 12.6 Å². The van der Waals surface area contributed by atoms with E-state index in [4.69, 9.17) is 0 Å². The number of rotatable bonds is 5. The Balaban J connectivity index is 1.92. The normalized spacial score (nSPS) is 20.1. The summed E-state index contributed by atoms with van der Waals surface area (Å²) in [6.07, 6.45) is 2.38. The molecule has 2 rings (SSSR count). The molecule has 1 unspecified atom stereocenters. The highest BCUT2D eigenvalue weighted by Crippen LogP contribution is 2.23. The van der Waals surface area contributed by atoms with E-state index in [0.29, 0.717) is 24.1 Å². The van der Waals surface area contributed by atoms with Gasteiger partial charge in [-0.2, -0.15) is 0 Å². The maximum Gasteiger partial charge on any atom is 0.287 e. The molecule has 1 aromatic rings. The van der Waals surface area contributed by atoms with Crippen molar-refractivity contribution in [3.63, 3.8) is 0 Å². The zero-order valence-electron chi connectivity index (χ0n) is 11.3. The smallest absolute Gasteiger partial charge is 0.287 e. The average Bonchev–Trinajstić information content (AvgIpc) is 2.96. The first-order chi connectivity index (χ1) is 8.97. The van der Waals surface area contributed by atoms with Gasteiger partial charge < -0.3 is 4.98 Å². The summed E-state index contributed by atoms with van der Waals surface area (Å²) in [6, 6.07) is 1.30. The minimum Gasteiger partial charge on any atom is -0.353 e. The zero-order valence-corrected chi connectivity index (χ0v) is 11.3. The zero-order chi connectivity index (χ0) is 14.0. The standard InChI is InChI=1S/C13H19N3O3/c1-9(2)10-3-4-15(7-10)8-13(17)12-5-11(6-14-12)16(18)19/h5-6,9-10,14H,3-4,7-8H2,1-2H3. The van der Waals surface area contributed by atoms with Crippen LogP contribution < -0.4 is 0 Å². The Hall–Kier alpha value is -1.69. The fourth-order valence-electron chi connectivity index (χ4n) is 2.49. The summed E-state index contributed by atoms with van der Waals surface area (Å²) >= 11 is 0. The van der Waals surface area contributed by atoms with Crippen LogP contribution in [0.3, 0.4) is 0 Å². The van der Waals surface area contributed by atoms with Gasteiger partial charge in [0.1, 0.15) is 0 Å². The Morgan fingerprint density at radius 1 is 1.63 bits per heavy atom. The third-order valence-corrected chi connectivity index (χ3v) is 3.80. The van der Waals surface area contributed by atoms with Crippen LogP contribution in [-0.4, -0.2) is 40.2 Å². The molecule has 0 aliphatic carbocycles. The van der Waals surface area contributed by atoms with Crippen LogP contribution in [0.25, 0.3) is 0 Å². The second-order valence-corrected chi connectivity index (χ2v) is 5.48. The minimum atomic E-state index is -0.502. The molecular weight excluding hydrogens is 246 g/mol. The predicted molar refractivity (Wildman–Crippen MR) is 71.2 cm³/mol. The van der Waals surface area contributed by atoms with Gasteiger partial charge in [-0.05, 0) is 24.8 Å². The lowest BCUT2D eigenvalue weighted by Crippen LogP contribution is -2.28. The van der Waals surface area contributed by atoms with Crippen LogP contribution >= 0.6 is 0 Å². The first-order valence-corrected chi connectivity index (χ1v) is 6.55. The Labute approximate surface area is 111 Å². The Morgan fingerprint density at radius 2 is 2.37 bits per heavy atom. The fourth-order valence-corrected chi connectivity index (χ4v) is 2.49. The van der Waals surface area contributed by atoms with E-state index in [1.54, 1.807) is 0 Å². The van der Waals surface area contributed by atoms with Gasteiger partial charge >= 0.3 is 0 Å². The van der Waals surface area contributed by atoms with Crippen molar-refractivity contribution in [2.45, 2.75) is 20.3 Å². The van der Waals surface area contributed by atoms with Crippen LogP contribution in [0.1, 0.15) is 30.8 Å². The third kappa shape index (κ3) is 3.20. The topological polar surface area (TPSA) is 79.2 Å². The summed E-state index contributed by atoms with van der Waals surface area (Å²) in [5.41, 5.74) is 0.254. The number of hydrogen-bond acceptors (Lipinski definition) is 4. The molecule has 0 aromatic carbocycles. The van der Waals surface area contributed by atoms with Crippen molar-refractivity contribution in [1.82, 2.24) is 9.88 Å². The number of nitrogens with one attached hydrogen (secondary N) is 1. The number of carbonyl (C=O) groups excluding carboxylic acids is 1. The number of aromatic nitrogens is 1. The lowest BCUT2D eigenvalue weighted by Gasteiger charge is -2.16. The molecule has 1 saturated heterocycles. The van der Waals surface area contributed by atoms with Crippen molar-refractivity contribution in [2.75, 3.05) is 19.6 Å². The molecule has 1 aliphatic rings. The van der Waals surface area contributed by atoms with Crippen molar-refractivity contribution in [3.05, 3.63) is 28.1 Å². The van der Waals surface area contributed by atoms with Crippen LogP contribution in [0, 0.1) is 22.0 Å². The molecule has 6 nitrogen and oxygen atoms in total. The molecular formula is C13H19N3O3. The SMILES string of the molecule is CC(C)C1CCN(CC(=O)c2cc([N+](=O)[O-])c[nH]2)C1. The van der Waals surface area contributed by atoms with Crippen molar-refractivity contribution < 1.29 is 9.72 Å². The highest BCUT2D eigenvalue weighted by Gasteiger charge is 2.26. The lowest BCUT2D eigenvalue weighted by molar-refractivity contribution is -0.384. The molecule has 1 aliphatic heterocycles. The highest BCUT2D eigenvalue weighted by molar-refractivity contribution is 5.96. The van der Waals surface area contributed by atoms with Crippen molar-refractivity contribution in [3.8, 4) is 0 Å². The number of aromatic amines is 1. The number of nitrogens with zero attached hydrogens (tertiary/aromatic N) is 2. The lowest BCUT2D eigenvalue weighted by atomic mass is 9.95. The van der Waals surface area contributed by atoms with E-state index in [-0.39, 0.29) is 11.5 Å². The fraction of sp³-hybridized carbons (Fsp3) is 0.615. The van der Waals surface area contributed by atoms with Gasteiger partial charge in [0.15, 0.2) is 5.78 Å². The van der Waals surface area contributed by atoms with Gasteiger partial charge in [0.2, 0.25) is 0 Å². The van der Waals surface area contributed by atoms with Gasteiger partial charge in [0.25, 0.3) is 5.69 Å². The van der Waals surface area contributed by atoms with Gasteiger partial charge in [0.05, 0.1) is 23.4 Å².